The van der Waals surface area contributed by atoms with Crippen molar-refractivity contribution < 1.29 is 4.74 Å². The number of hydrogen-bond acceptors (Lipinski definition) is 3. The second-order valence-electron chi connectivity index (χ2n) is 5.15. The lowest BCUT2D eigenvalue weighted by atomic mass is 10.1. The van der Waals surface area contributed by atoms with Crippen molar-refractivity contribution in [1.82, 2.24) is 5.32 Å². The summed E-state index contributed by atoms with van der Waals surface area (Å²) in [5.41, 5.74) is 3.66. The Hall–Kier alpha value is -1.22. The molecule has 1 saturated heterocycles. The van der Waals surface area contributed by atoms with Crippen LogP contribution in [0.3, 0.4) is 0 Å². The largest absolute Gasteiger partial charge is 0.496 e. The lowest BCUT2D eigenvalue weighted by molar-refractivity contribution is 0.411. The Morgan fingerprint density at radius 3 is 2.83 bits per heavy atom. The molecule has 1 aliphatic heterocycles. The monoisotopic (exact) mass is 248 g/mol. The second-order valence-corrected chi connectivity index (χ2v) is 5.15. The van der Waals surface area contributed by atoms with Crippen LogP contribution in [-0.2, 0) is 0 Å². The van der Waals surface area contributed by atoms with Crippen LogP contribution in [0.25, 0.3) is 0 Å². The van der Waals surface area contributed by atoms with Gasteiger partial charge in [-0.25, -0.2) is 0 Å². The lowest BCUT2D eigenvalue weighted by Gasteiger charge is -2.15. The Bertz CT molecular complexity index is 398. The number of rotatable bonds is 5. The molecule has 0 amide bonds. The highest BCUT2D eigenvalue weighted by atomic mass is 16.5. The summed E-state index contributed by atoms with van der Waals surface area (Å²) in [5.74, 6) is 0.968. The maximum Gasteiger partial charge on any atom is 0.122 e. The number of aryl methyl sites for hydroxylation is 2. The maximum absolute atomic E-state index is 5.33. The first-order valence-corrected chi connectivity index (χ1v) is 6.83. The molecule has 1 aliphatic rings. The zero-order chi connectivity index (χ0) is 13.0. The van der Waals surface area contributed by atoms with Gasteiger partial charge in [-0.3, -0.25) is 0 Å². The zero-order valence-electron chi connectivity index (χ0n) is 11.7. The second kappa shape index (κ2) is 6.10. The molecule has 0 spiro atoms. The number of nitrogens with one attached hydrogen (secondary N) is 2. The summed E-state index contributed by atoms with van der Waals surface area (Å²) in [5, 5.41) is 7.06. The van der Waals surface area contributed by atoms with Crippen molar-refractivity contribution in [2.24, 2.45) is 0 Å². The van der Waals surface area contributed by atoms with E-state index in [-0.39, 0.29) is 0 Å². The fraction of sp³-hybridized carbons (Fsp3) is 0.600. The van der Waals surface area contributed by atoms with E-state index in [1.165, 1.54) is 42.6 Å². The van der Waals surface area contributed by atoms with Crippen molar-refractivity contribution in [2.45, 2.75) is 39.2 Å². The van der Waals surface area contributed by atoms with Gasteiger partial charge in [0.2, 0.25) is 0 Å². The van der Waals surface area contributed by atoms with E-state index >= 15 is 0 Å². The third kappa shape index (κ3) is 3.16. The SMILES string of the molecule is COc1cc(C)c(NCCC2CCCN2)cc1C. The maximum atomic E-state index is 5.33. The van der Waals surface area contributed by atoms with Crippen molar-refractivity contribution in [3.05, 3.63) is 23.3 Å². The van der Waals surface area contributed by atoms with E-state index in [9.17, 15) is 0 Å². The molecule has 18 heavy (non-hydrogen) atoms. The molecule has 3 heteroatoms. The van der Waals surface area contributed by atoms with Crippen molar-refractivity contribution in [2.75, 3.05) is 25.5 Å². The summed E-state index contributed by atoms with van der Waals surface area (Å²) in [6, 6.07) is 4.99. The normalized spacial score (nSPS) is 18.9. The lowest BCUT2D eigenvalue weighted by Crippen LogP contribution is -2.24. The van der Waals surface area contributed by atoms with Crippen molar-refractivity contribution >= 4 is 5.69 Å². The van der Waals surface area contributed by atoms with Crippen LogP contribution in [0.15, 0.2) is 12.1 Å². The quantitative estimate of drug-likeness (QED) is 0.840. The Morgan fingerprint density at radius 1 is 1.33 bits per heavy atom. The molecule has 1 aromatic rings. The summed E-state index contributed by atoms with van der Waals surface area (Å²) < 4.78 is 5.33. The molecule has 3 nitrogen and oxygen atoms in total. The number of benzene rings is 1. The molecule has 0 aliphatic carbocycles. The third-order valence-corrected chi connectivity index (χ3v) is 3.71. The highest BCUT2D eigenvalue weighted by Crippen LogP contribution is 2.26. The summed E-state index contributed by atoms with van der Waals surface area (Å²) in [4.78, 5) is 0. The molecule has 1 heterocycles. The van der Waals surface area contributed by atoms with Crippen LogP contribution in [-0.4, -0.2) is 26.2 Å². The van der Waals surface area contributed by atoms with E-state index in [1.54, 1.807) is 7.11 Å². The first-order valence-electron chi connectivity index (χ1n) is 6.83. The first kappa shape index (κ1) is 13.2. The number of hydrogen-bond donors (Lipinski definition) is 2. The van der Waals surface area contributed by atoms with E-state index in [1.807, 2.05) is 0 Å². The molecule has 0 radical (unpaired) electrons. The van der Waals surface area contributed by atoms with E-state index < -0.39 is 0 Å². The zero-order valence-corrected chi connectivity index (χ0v) is 11.7. The molecule has 1 fully saturated rings. The third-order valence-electron chi connectivity index (χ3n) is 3.71. The first-order chi connectivity index (χ1) is 8.70. The van der Waals surface area contributed by atoms with E-state index in [0.717, 1.165) is 12.3 Å². The fourth-order valence-corrected chi connectivity index (χ4v) is 2.58. The molecular formula is C15H24N2O. The topological polar surface area (TPSA) is 33.3 Å². The highest BCUT2D eigenvalue weighted by molar-refractivity contribution is 5.56. The minimum Gasteiger partial charge on any atom is -0.496 e. The molecule has 1 aromatic carbocycles. The van der Waals surface area contributed by atoms with Gasteiger partial charge in [-0.15, -0.1) is 0 Å². The summed E-state index contributed by atoms with van der Waals surface area (Å²) in [7, 11) is 1.72. The van der Waals surface area contributed by atoms with Crippen LogP contribution in [0.2, 0.25) is 0 Å². The average molecular weight is 248 g/mol. The van der Waals surface area contributed by atoms with E-state index in [0.29, 0.717) is 6.04 Å². The van der Waals surface area contributed by atoms with Gasteiger partial charge in [-0.1, -0.05) is 0 Å². The predicted molar refractivity (Wildman–Crippen MR) is 76.6 cm³/mol. The smallest absolute Gasteiger partial charge is 0.122 e. The van der Waals surface area contributed by atoms with Gasteiger partial charge in [0.15, 0.2) is 0 Å². The van der Waals surface area contributed by atoms with Crippen LogP contribution in [0, 0.1) is 13.8 Å². The number of methoxy groups -OCH3 is 1. The van der Waals surface area contributed by atoms with Crippen molar-refractivity contribution in [3.63, 3.8) is 0 Å². The molecule has 0 aromatic heterocycles. The Morgan fingerprint density at radius 2 is 2.17 bits per heavy atom. The van der Waals surface area contributed by atoms with Crippen LogP contribution < -0.4 is 15.4 Å². The molecule has 100 valence electrons. The molecule has 0 saturated carbocycles. The van der Waals surface area contributed by atoms with Crippen LogP contribution in [0.5, 0.6) is 5.75 Å². The van der Waals surface area contributed by atoms with Crippen LogP contribution in [0.4, 0.5) is 5.69 Å². The van der Waals surface area contributed by atoms with Crippen LogP contribution >= 0.6 is 0 Å². The average Bonchev–Trinajstić information content (AvgIpc) is 2.86. The standard InChI is InChI=1S/C15H24N2O/c1-11-10-15(18-3)12(2)9-14(11)17-8-6-13-5-4-7-16-13/h9-10,13,16-17H,4-8H2,1-3H3. The van der Waals surface area contributed by atoms with Gasteiger partial charge in [-0.05, 0) is 62.9 Å². The number of ether oxygens (including phenoxy) is 1. The Labute approximate surface area is 110 Å². The van der Waals surface area contributed by atoms with Gasteiger partial charge in [-0.2, -0.15) is 0 Å². The van der Waals surface area contributed by atoms with Gasteiger partial charge in [0.1, 0.15) is 5.75 Å². The minimum atomic E-state index is 0.706. The van der Waals surface area contributed by atoms with Gasteiger partial charge in [0.25, 0.3) is 0 Å². The van der Waals surface area contributed by atoms with Crippen molar-refractivity contribution in [1.29, 1.82) is 0 Å². The number of anilines is 1. The minimum absolute atomic E-state index is 0.706. The van der Waals surface area contributed by atoms with E-state index in [4.69, 9.17) is 4.74 Å². The van der Waals surface area contributed by atoms with Gasteiger partial charge in [0.05, 0.1) is 7.11 Å². The summed E-state index contributed by atoms with van der Waals surface area (Å²) in [6.45, 7) is 6.43. The molecule has 1 atom stereocenters. The molecule has 2 N–H and O–H groups in total. The van der Waals surface area contributed by atoms with E-state index in [2.05, 4.69) is 36.6 Å². The fourth-order valence-electron chi connectivity index (χ4n) is 2.58. The van der Waals surface area contributed by atoms with Crippen molar-refractivity contribution in [3.8, 4) is 5.75 Å². The molecule has 2 rings (SSSR count). The van der Waals surface area contributed by atoms with Gasteiger partial charge in [0, 0.05) is 18.3 Å². The van der Waals surface area contributed by atoms with Gasteiger partial charge >= 0.3 is 0 Å². The molecule has 0 bridgehead atoms. The predicted octanol–water partition coefficient (Wildman–Crippen LogP) is 2.87. The van der Waals surface area contributed by atoms with Crippen LogP contribution in [0.1, 0.15) is 30.4 Å². The van der Waals surface area contributed by atoms with Gasteiger partial charge < -0.3 is 15.4 Å². The Balaban J connectivity index is 1.90. The molecular weight excluding hydrogens is 224 g/mol. The summed E-state index contributed by atoms with van der Waals surface area (Å²) >= 11 is 0. The highest BCUT2D eigenvalue weighted by Gasteiger charge is 2.13. The Kier molecular flexibility index (Phi) is 4.48. The summed E-state index contributed by atoms with van der Waals surface area (Å²) in [6.07, 6.45) is 3.85. The molecule has 1 unspecified atom stereocenters.